The molecular weight excluding hydrogens is 382 g/mol. The zero-order valence-electron chi connectivity index (χ0n) is 13.9. The number of carbonyl (C=O) groups is 1. The van der Waals surface area contributed by atoms with Crippen molar-refractivity contribution in [3.8, 4) is 11.4 Å². The van der Waals surface area contributed by atoms with Gasteiger partial charge in [0.15, 0.2) is 0 Å². The molecule has 3 aromatic rings. The Kier molecular flexibility index (Phi) is 3.84. The summed E-state index contributed by atoms with van der Waals surface area (Å²) in [6, 6.07) is 11.6. The Morgan fingerprint density at radius 1 is 1.24 bits per heavy atom. The Bertz CT molecular complexity index is 981. The van der Waals surface area contributed by atoms with Crippen LogP contribution in [0.25, 0.3) is 5.69 Å². The molecule has 0 bridgehead atoms. The number of carbonyl (C=O) groups excluding carboxylic acids is 1. The van der Waals surface area contributed by atoms with Crippen LogP contribution in [0.4, 0.5) is 5.69 Å². The van der Waals surface area contributed by atoms with Gasteiger partial charge >= 0.3 is 0 Å². The molecule has 0 spiro atoms. The first-order chi connectivity index (χ1) is 12.1. The highest BCUT2D eigenvalue weighted by atomic mass is 79.9. The van der Waals surface area contributed by atoms with E-state index in [1.54, 1.807) is 18.3 Å². The maximum absolute atomic E-state index is 12.8. The molecule has 0 N–H and O–H groups in total. The van der Waals surface area contributed by atoms with Crippen LogP contribution in [0.15, 0.2) is 53.4 Å². The molecule has 0 atom stereocenters. The predicted molar refractivity (Wildman–Crippen MR) is 99.5 cm³/mol. The molecule has 5 nitrogen and oxygen atoms in total. The van der Waals surface area contributed by atoms with Gasteiger partial charge in [-0.2, -0.15) is 0 Å². The van der Waals surface area contributed by atoms with Crippen molar-refractivity contribution in [3.05, 3.63) is 70.2 Å². The molecule has 1 aliphatic heterocycles. The minimum absolute atomic E-state index is 0.00393. The first kappa shape index (κ1) is 15.9. The van der Waals surface area contributed by atoms with Crippen molar-refractivity contribution < 1.29 is 9.53 Å². The van der Waals surface area contributed by atoms with E-state index in [4.69, 9.17) is 4.74 Å². The highest BCUT2D eigenvalue weighted by Gasteiger charge is 2.30. The van der Waals surface area contributed by atoms with E-state index in [1.807, 2.05) is 54.1 Å². The molecule has 2 aromatic carbocycles. The molecule has 1 aromatic heterocycles. The lowest BCUT2D eigenvalue weighted by Crippen LogP contribution is -2.23. The normalized spacial score (nSPS) is 13.2. The van der Waals surface area contributed by atoms with Crippen molar-refractivity contribution in [2.24, 2.45) is 0 Å². The summed E-state index contributed by atoms with van der Waals surface area (Å²) in [5.41, 5.74) is 4.38. The summed E-state index contributed by atoms with van der Waals surface area (Å²) < 4.78 is 8.29. The Hall–Kier alpha value is -2.60. The number of hydrogen-bond acceptors (Lipinski definition) is 3. The molecule has 0 radical (unpaired) electrons. The Labute approximate surface area is 154 Å². The minimum atomic E-state index is -0.00393. The van der Waals surface area contributed by atoms with Gasteiger partial charge in [0.1, 0.15) is 5.75 Å². The van der Waals surface area contributed by atoms with E-state index in [2.05, 4.69) is 20.9 Å². The quantitative estimate of drug-likeness (QED) is 0.667. The average Bonchev–Trinajstić information content (AvgIpc) is 3.19. The number of hydrogen-bond donors (Lipinski definition) is 0. The van der Waals surface area contributed by atoms with Crippen LogP contribution in [0.3, 0.4) is 0 Å². The monoisotopic (exact) mass is 397 g/mol. The van der Waals surface area contributed by atoms with E-state index in [0.29, 0.717) is 12.3 Å². The van der Waals surface area contributed by atoms with Crippen molar-refractivity contribution in [3.63, 3.8) is 0 Å². The molecule has 0 fully saturated rings. The summed E-state index contributed by atoms with van der Waals surface area (Å²) in [5.74, 6) is 0.688. The molecule has 2 heterocycles. The molecule has 0 saturated carbocycles. The molecule has 25 heavy (non-hydrogen) atoms. The second kappa shape index (κ2) is 6.04. The largest absolute Gasteiger partial charge is 0.494 e. The molecule has 1 amide bonds. The predicted octanol–water partition coefficient (Wildman–Crippen LogP) is 4.11. The van der Waals surface area contributed by atoms with Crippen LogP contribution >= 0.6 is 15.9 Å². The van der Waals surface area contributed by atoms with Crippen LogP contribution in [0.2, 0.25) is 0 Å². The van der Waals surface area contributed by atoms with Crippen LogP contribution in [0, 0.1) is 6.92 Å². The first-order valence-electron chi connectivity index (χ1n) is 7.87. The molecule has 0 unspecified atom stereocenters. The zero-order chi connectivity index (χ0) is 17.6. The lowest BCUT2D eigenvalue weighted by atomic mass is 10.1. The van der Waals surface area contributed by atoms with Crippen LogP contribution in [0.5, 0.6) is 5.75 Å². The third kappa shape index (κ3) is 2.62. The lowest BCUT2D eigenvalue weighted by Gasteiger charge is -2.18. The Balaban J connectivity index is 1.73. The van der Waals surface area contributed by atoms with E-state index in [0.717, 1.165) is 32.7 Å². The number of benzene rings is 2. The fourth-order valence-electron chi connectivity index (χ4n) is 3.13. The van der Waals surface area contributed by atoms with Gasteiger partial charge in [-0.1, -0.05) is 12.1 Å². The molecule has 6 heteroatoms. The van der Waals surface area contributed by atoms with Crippen LogP contribution in [-0.2, 0) is 6.54 Å². The van der Waals surface area contributed by atoms with Gasteiger partial charge in [0, 0.05) is 22.4 Å². The number of ether oxygens (including phenoxy) is 1. The third-order valence-corrected chi connectivity index (χ3v) is 5.01. The van der Waals surface area contributed by atoms with Gasteiger partial charge < -0.3 is 14.2 Å². The smallest absolute Gasteiger partial charge is 0.260 e. The summed E-state index contributed by atoms with van der Waals surface area (Å²) >= 11 is 3.48. The number of amides is 1. The minimum Gasteiger partial charge on any atom is -0.494 e. The number of imidazole rings is 1. The van der Waals surface area contributed by atoms with Gasteiger partial charge in [-0.25, -0.2) is 4.98 Å². The van der Waals surface area contributed by atoms with Gasteiger partial charge in [-0.05, 0) is 46.6 Å². The number of anilines is 1. The SMILES string of the molecule is COc1cc(N2Cc3cccc(Br)c3C2=O)ccc1-n1cnc(C)c1. The fraction of sp³-hybridized carbons (Fsp3) is 0.158. The van der Waals surface area contributed by atoms with E-state index < -0.39 is 0 Å². The fourth-order valence-corrected chi connectivity index (χ4v) is 3.70. The molecule has 1 aliphatic rings. The third-order valence-electron chi connectivity index (χ3n) is 4.35. The van der Waals surface area contributed by atoms with Crippen molar-refractivity contribution in [1.29, 1.82) is 0 Å². The Morgan fingerprint density at radius 2 is 2.08 bits per heavy atom. The van der Waals surface area contributed by atoms with E-state index in [1.165, 1.54) is 0 Å². The number of aryl methyl sites for hydroxylation is 1. The summed E-state index contributed by atoms with van der Waals surface area (Å²) in [4.78, 5) is 18.8. The number of halogens is 1. The number of aromatic nitrogens is 2. The summed E-state index contributed by atoms with van der Waals surface area (Å²) in [6.07, 6.45) is 3.69. The van der Waals surface area contributed by atoms with Crippen molar-refractivity contribution in [2.75, 3.05) is 12.0 Å². The maximum Gasteiger partial charge on any atom is 0.260 e. The summed E-state index contributed by atoms with van der Waals surface area (Å²) in [5, 5.41) is 0. The summed E-state index contributed by atoms with van der Waals surface area (Å²) in [6.45, 7) is 2.50. The van der Waals surface area contributed by atoms with Gasteiger partial charge in [0.25, 0.3) is 5.91 Å². The number of nitrogens with zero attached hydrogens (tertiary/aromatic N) is 3. The van der Waals surface area contributed by atoms with Crippen LogP contribution in [0.1, 0.15) is 21.6 Å². The first-order valence-corrected chi connectivity index (χ1v) is 8.66. The van der Waals surface area contributed by atoms with Gasteiger partial charge in [0.05, 0.1) is 36.9 Å². The number of rotatable bonds is 3. The van der Waals surface area contributed by atoms with E-state index in [-0.39, 0.29) is 5.91 Å². The van der Waals surface area contributed by atoms with Crippen molar-refractivity contribution in [1.82, 2.24) is 9.55 Å². The Morgan fingerprint density at radius 3 is 2.76 bits per heavy atom. The van der Waals surface area contributed by atoms with Crippen molar-refractivity contribution >= 4 is 27.5 Å². The standard InChI is InChI=1S/C19H16BrN3O2/c1-12-9-22(11-21-12)16-7-6-14(8-17(16)25-2)23-10-13-4-3-5-15(20)18(13)19(23)24/h3-9,11H,10H2,1-2H3. The maximum atomic E-state index is 12.8. The molecule has 126 valence electrons. The lowest BCUT2D eigenvalue weighted by molar-refractivity contribution is 0.0996. The number of methoxy groups -OCH3 is 1. The average molecular weight is 398 g/mol. The molecule has 4 rings (SSSR count). The number of fused-ring (bicyclic) bond motifs is 1. The van der Waals surface area contributed by atoms with Crippen molar-refractivity contribution in [2.45, 2.75) is 13.5 Å². The van der Waals surface area contributed by atoms with Crippen LogP contribution in [-0.4, -0.2) is 22.6 Å². The van der Waals surface area contributed by atoms with Crippen LogP contribution < -0.4 is 9.64 Å². The second-order valence-electron chi connectivity index (χ2n) is 5.94. The topological polar surface area (TPSA) is 47.4 Å². The molecular formula is C19H16BrN3O2. The second-order valence-corrected chi connectivity index (χ2v) is 6.80. The zero-order valence-corrected chi connectivity index (χ0v) is 15.4. The van der Waals surface area contributed by atoms with Gasteiger partial charge in [0.2, 0.25) is 0 Å². The molecule has 0 saturated heterocycles. The molecule has 0 aliphatic carbocycles. The highest BCUT2D eigenvalue weighted by molar-refractivity contribution is 9.10. The highest BCUT2D eigenvalue weighted by Crippen LogP contribution is 2.35. The van der Waals surface area contributed by atoms with Gasteiger partial charge in [-0.15, -0.1) is 0 Å². The summed E-state index contributed by atoms with van der Waals surface area (Å²) in [7, 11) is 1.63. The van der Waals surface area contributed by atoms with E-state index >= 15 is 0 Å². The van der Waals surface area contributed by atoms with E-state index in [9.17, 15) is 4.79 Å². The van der Waals surface area contributed by atoms with Gasteiger partial charge in [-0.3, -0.25) is 4.79 Å².